The van der Waals surface area contributed by atoms with E-state index in [1.807, 2.05) is 42.5 Å². The third-order valence-electron chi connectivity index (χ3n) is 3.27. The summed E-state index contributed by atoms with van der Waals surface area (Å²) in [5, 5.41) is 0. The van der Waals surface area contributed by atoms with Gasteiger partial charge in [0.1, 0.15) is 12.4 Å². The predicted octanol–water partition coefficient (Wildman–Crippen LogP) is 3.43. The molecule has 0 saturated heterocycles. The van der Waals surface area contributed by atoms with E-state index in [2.05, 4.69) is 12.1 Å². The summed E-state index contributed by atoms with van der Waals surface area (Å²) in [4.78, 5) is 0. The van der Waals surface area contributed by atoms with Gasteiger partial charge in [-0.2, -0.15) is 0 Å². The smallest absolute Gasteiger partial charge is 0.124 e. The van der Waals surface area contributed by atoms with Crippen LogP contribution >= 0.6 is 12.4 Å². The summed E-state index contributed by atoms with van der Waals surface area (Å²) in [7, 11) is 0. The van der Waals surface area contributed by atoms with Crippen LogP contribution in [0.15, 0.2) is 54.6 Å². The van der Waals surface area contributed by atoms with Gasteiger partial charge in [-0.05, 0) is 31.0 Å². The third kappa shape index (κ3) is 5.38. The number of nitrogens with two attached hydrogens (primary N) is 2. The van der Waals surface area contributed by atoms with Gasteiger partial charge >= 0.3 is 0 Å². The fourth-order valence-electron chi connectivity index (χ4n) is 2.15. The lowest BCUT2D eigenvalue weighted by Crippen LogP contribution is -2.14. The molecule has 0 aliphatic carbocycles. The second-order valence-corrected chi connectivity index (χ2v) is 4.85. The molecule has 0 bridgehead atoms. The first-order valence-electron chi connectivity index (χ1n) is 7.02. The maximum Gasteiger partial charge on any atom is 0.124 e. The quantitative estimate of drug-likeness (QED) is 0.824. The van der Waals surface area contributed by atoms with Gasteiger partial charge in [0.05, 0.1) is 0 Å². The van der Waals surface area contributed by atoms with Crippen LogP contribution in [-0.4, -0.2) is 6.54 Å². The van der Waals surface area contributed by atoms with Gasteiger partial charge in [0, 0.05) is 11.6 Å². The molecule has 0 fully saturated rings. The lowest BCUT2D eigenvalue weighted by Gasteiger charge is -2.16. The van der Waals surface area contributed by atoms with E-state index in [9.17, 15) is 0 Å². The second kappa shape index (κ2) is 9.40. The van der Waals surface area contributed by atoms with Crippen molar-refractivity contribution in [1.82, 2.24) is 0 Å². The summed E-state index contributed by atoms with van der Waals surface area (Å²) in [6.45, 7) is 1.22. The summed E-state index contributed by atoms with van der Waals surface area (Å²) in [5.74, 6) is 0.862. The zero-order valence-corrected chi connectivity index (χ0v) is 12.9. The highest BCUT2D eigenvalue weighted by Crippen LogP contribution is 2.26. The van der Waals surface area contributed by atoms with Crippen LogP contribution in [0.5, 0.6) is 5.75 Å². The first kappa shape index (κ1) is 17.5. The molecule has 114 valence electrons. The van der Waals surface area contributed by atoms with Gasteiger partial charge in [-0.1, -0.05) is 48.5 Å². The molecule has 0 aromatic heterocycles. The van der Waals surface area contributed by atoms with E-state index in [1.54, 1.807) is 0 Å². The van der Waals surface area contributed by atoms with Crippen LogP contribution in [0, 0.1) is 0 Å². The Morgan fingerprint density at radius 3 is 2.33 bits per heavy atom. The average Bonchev–Trinajstić information content (AvgIpc) is 2.52. The Labute approximate surface area is 132 Å². The maximum absolute atomic E-state index is 6.22. The van der Waals surface area contributed by atoms with Crippen LogP contribution < -0.4 is 16.2 Å². The van der Waals surface area contributed by atoms with Crippen molar-refractivity contribution >= 4 is 12.4 Å². The zero-order valence-electron chi connectivity index (χ0n) is 12.1. The molecule has 4 heteroatoms. The maximum atomic E-state index is 6.22. The molecule has 0 unspecified atom stereocenters. The molecule has 2 rings (SSSR count). The molecule has 2 aromatic rings. The second-order valence-electron chi connectivity index (χ2n) is 4.85. The average molecular weight is 307 g/mol. The summed E-state index contributed by atoms with van der Waals surface area (Å²) in [6.07, 6.45) is 1.80. The molecule has 0 amide bonds. The summed E-state index contributed by atoms with van der Waals surface area (Å²) in [5.41, 5.74) is 14.0. The van der Waals surface area contributed by atoms with Crippen LogP contribution in [0.1, 0.15) is 30.0 Å². The van der Waals surface area contributed by atoms with E-state index < -0.39 is 0 Å². The Morgan fingerprint density at radius 1 is 0.952 bits per heavy atom. The van der Waals surface area contributed by atoms with Gasteiger partial charge in [-0.3, -0.25) is 0 Å². The van der Waals surface area contributed by atoms with E-state index in [0.29, 0.717) is 13.2 Å². The fraction of sp³-hybridized carbons (Fsp3) is 0.294. The first-order valence-corrected chi connectivity index (χ1v) is 7.02. The van der Waals surface area contributed by atoms with Crippen LogP contribution in [0.4, 0.5) is 0 Å². The molecule has 1 atom stereocenters. The number of ether oxygens (including phenoxy) is 1. The molecule has 0 aliphatic heterocycles. The van der Waals surface area contributed by atoms with Gasteiger partial charge in [0.15, 0.2) is 0 Å². The summed E-state index contributed by atoms with van der Waals surface area (Å²) in [6, 6.07) is 18.1. The van der Waals surface area contributed by atoms with Crippen molar-refractivity contribution in [2.45, 2.75) is 25.5 Å². The van der Waals surface area contributed by atoms with Crippen LogP contribution in [0.2, 0.25) is 0 Å². The Hall–Kier alpha value is -1.55. The standard InChI is InChI=1S/C17H22N2O.ClH/c18-12-6-10-16(19)15-9-4-5-11-17(15)20-13-14-7-2-1-3-8-14;/h1-5,7-9,11,16H,6,10,12-13,18-19H2;1H/t16-;/m0./s1. The van der Waals surface area contributed by atoms with E-state index in [0.717, 1.165) is 29.7 Å². The minimum Gasteiger partial charge on any atom is -0.489 e. The number of benzene rings is 2. The van der Waals surface area contributed by atoms with E-state index in [1.165, 1.54) is 0 Å². The highest BCUT2D eigenvalue weighted by atomic mass is 35.5. The van der Waals surface area contributed by atoms with E-state index in [-0.39, 0.29) is 18.4 Å². The minimum absolute atomic E-state index is 0. The van der Waals surface area contributed by atoms with Crippen molar-refractivity contribution in [3.05, 3.63) is 65.7 Å². The Kier molecular flexibility index (Phi) is 7.83. The predicted molar refractivity (Wildman–Crippen MR) is 89.7 cm³/mol. The third-order valence-corrected chi connectivity index (χ3v) is 3.27. The van der Waals surface area contributed by atoms with Crippen molar-refractivity contribution < 1.29 is 4.74 Å². The number of halogens is 1. The monoisotopic (exact) mass is 306 g/mol. The van der Waals surface area contributed by atoms with E-state index in [4.69, 9.17) is 16.2 Å². The number of hydrogen-bond donors (Lipinski definition) is 2. The molecule has 3 nitrogen and oxygen atoms in total. The Morgan fingerprint density at radius 2 is 1.62 bits per heavy atom. The highest BCUT2D eigenvalue weighted by molar-refractivity contribution is 5.85. The first-order chi connectivity index (χ1) is 9.81. The molecular formula is C17H23ClN2O. The molecule has 0 heterocycles. The largest absolute Gasteiger partial charge is 0.489 e. The lowest BCUT2D eigenvalue weighted by atomic mass is 10.0. The van der Waals surface area contributed by atoms with Crippen LogP contribution in [0.3, 0.4) is 0 Å². The molecular weight excluding hydrogens is 284 g/mol. The number of hydrogen-bond acceptors (Lipinski definition) is 3. The van der Waals surface area contributed by atoms with Gasteiger partial charge < -0.3 is 16.2 Å². The molecule has 21 heavy (non-hydrogen) atoms. The van der Waals surface area contributed by atoms with Crippen molar-refractivity contribution in [3.63, 3.8) is 0 Å². The Balaban J connectivity index is 0.00000220. The molecule has 0 saturated carbocycles. The molecule has 2 aromatic carbocycles. The van der Waals surface area contributed by atoms with Crippen LogP contribution in [0.25, 0.3) is 0 Å². The normalized spacial score (nSPS) is 11.5. The van der Waals surface area contributed by atoms with Gasteiger partial charge in [-0.25, -0.2) is 0 Å². The Bertz CT molecular complexity index is 519. The van der Waals surface area contributed by atoms with Crippen molar-refractivity contribution in [2.75, 3.05) is 6.54 Å². The van der Waals surface area contributed by atoms with Gasteiger partial charge in [0.25, 0.3) is 0 Å². The van der Waals surface area contributed by atoms with Crippen molar-refractivity contribution in [2.24, 2.45) is 11.5 Å². The highest BCUT2D eigenvalue weighted by Gasteiger charge is 2.11. The minimum atomic E-state index is -0.0227. The molecule has 0 radical (unpaired) electrons. The summed E-state index contributed by atoms with van der Waals surface area (Å²) < 4.78 is 5.91. The fourth-order valence-corrected chi connectivity index (χ4v) is 2.15. The van der Waals surface area contributed by atoms with Crippen LogP contribution in [-0.2, 0) is 6.61 Å². The van der Waals surface area contributed by atoms with Crippen molar-refractivity contribution in [3.8, 4) is 5.75 Å². The summed E-state index contributed by atoms with van der Waals surface area (Å²) >= 11 is 0. The molecule has 4 N–H and O–H groups in total. The number of para-hydroxylation sites is 1. The molecule has 0 aliphatic rings. The lowest BCUT2D eigenvalue weighted by molar-refractivity contribution is 0.300. The van der Waals surface area contributed by atoms with Gasteiger partial charge in [0.2, 0.25) is 0 Å². The van der Waals surface area contributed by atoms with Crippen molar-refractivity contribution in [1.29, 1.82) is 0 Å². The van der Waals surface area contributed by atoms with E-state index >= 15 is 0 Å². The topological polar surface area (TPSA) is 61.3 Å². The van der Waals surface area contributed by atoms with Gasteiger partial charge in [-0.15, -0.1) is 12.4 Å². The molecule has 0 spiro atoms. The zero-order chi connectivity index (χ0) is 14.2. The SMILES string of the molecule is Cl.NCCC[C@H](N)c1ccccc1OCc1ccccc1. The number of rotatable bonds is 7.